The normalized spacial score (nSPS) is 16.6. The summed E-state index contributed by atoms with van der Waals surface area (Å²) in [5.41, 5.74) is 1.11. The Balaban J connectivity index is 1.64. The van der Waals surface area contributed by atoms with Crippen molar-refractivity contribution < 1.29 is 9.47 Å². The Morgan fingerprint density at radius 1 is 1.23 bits per heavy atom. The van der Waals surface area contributed by atoms with Gasteiger partial charge in [-0.25, -0.2) is 9.98 Å². The molecule has 0 radical (unpaired) electrons. The van der Waals surface area contributed by atoms with Crippen molar-refractivity contribution in [2.45, 2.75) is 46.3 Å². The molecule has 0 saturated carbocycles. The molecule has 2 N–H and O–H groups in total. The average molecular weight is 429 g/mol. The van der Waals surface area contributed by atoms with Gasteiger partial charge in [0.05, 0.1) is 14.2 Å². The minimum atomic E-state index is 0.311. The Kier molecular flexibility index (Phi) is 8.03. The van der Waals surface area contributed by atoms with Crippen LogP contribution in [0.4, 0.5) is 5.69 Å². The van der Waals surface area contributed by atoms with E-state index >= 15 is 0 Å². The van der Waals surface area contributed by atoms with Crippen molar-refractivity contribution in [1.82, 2.24) is 20.2 Å². The summed E-state index contributed by atoms with van der Waals surface area (Å²) in [5, 5.41) is 6.96. The molecule has 0 spiro atoms. The number of methoxy groups -OCH3 is 2. The molecule has 3 rings (SSSR count). The van der Waals surface area contributed by atoms with Gasteiger partial charge in [-0.3, -0.25) is 0 Å². The lowest BCUT2D eigenvalue weighted by Gasteiger charge is -2.21. The Labute approximate surface area is 185 Å². The van der Waals surface area contributed by atoms with Gasteiger partial charge in [0.15, 0.2) is 5.96 Å². The summed E-state index contributed by atoms with van der Waals surface area (Å²) in [6.45, 7) is 10.7. The minimum absolute atomic E-state index is 0.311. The first-order valence-electron chi connectivity index (χ1n) is 11.0. The highest BCUT2D eigenvalue weighted by molar-refractivity contribution is 5.80. The summed E-state index contributed by atoms with van der Waals surface area (Å²) in [6.07, 6.45) is 4.92. The van der Waals surface area contributed by atoms with E-state index in [4.69, 9.17) is 14.5 Å². The summed E-state index contributed by atoms with van der Waals surface area (Å²) in [5.74, 6) is 4.00. The topological polar surface area (TPSA) is 75.9 Å². The maximum Gasteiger partial charge on any atom is 0.191 e. The Morgan fingerprint density at radius 2 is 1.97 bits per heavy atom. The summed E-state index contributed by atoms with van der Waals surface area (Å²) in [4.78, 5) is 11.6. The second-order valence-corrected chi connectivity index (χ2v) is 8.23. The van der Waals surface area contributed by atoms with Gasteiger partial charge >= 0.3 is 0 Å². The Bertz CT molecular complexity index is 841. The molecule has 8 heteroatoms. The quantitative estimate of drug-likeness (QED) is 0.473. The number of benzene rings is 1. The van der Waals surface area contributed by atoms with Crippen LogP contribution in [0.25, 0.3) is 0 Å². The molecular weight excluding hydrogens is 392 g/mol. The number of nitrogens with zero attached hydrogens (tertiary/aromatic N) is 4. The van der Waals surface area contributed by atoms with E-state index in [-0.39, 0.29) is 0 Å². The molecule has 2 heterocycles. The maximum atomic E-state index is 5.42. The molecule has 1 fully saturated rings. The van der Waals surface area contributed by atoms with Gasteiger partial charge in [0.25, 0.3) is 0 Å². The van der Waals surface area contributed by atoms with E-state index in [9.17, 15) is 0 Å². The highest BCUT2D eigenvalue weighted by atomic mass is 16.5. The highest BCUT2D eigenvalue weighted by Gasteiger charge is 2.24. The minimum Gasteiger partial charge on any atom is -0.497 e. The fraction of sp³-hybridized carbons (Fsp3) is 0.565. The molecule has 1 aliphatic rings. The van der Waals surface area contributed by atoms with Gasteiger partial charge in [0.2, 0.25) is 0 Å². The van der Waals surface area contributed by atoms with Crippen molar-refractivity contribution in [3.63, 3.8) is 0 Å². The van der Waals surface area contributed by atoms with Crippen molar-refractivity contribution in [1.29, 1.82) is 0 Å². The zero-order valence-corrected chi connectivity index (χ0v) is 19.4. The molecule has 31 heavy (non-hydrogen) atoms. The van der Waals surface area contributed by atoms with Crippen molar-refractivity contribution in [3.8, 4) is 11.5 Å². The number of hydrogen-bond acceptors (Lipinski definition) is 5. The summed E-state index contributed by atoms with van der Waals surface area (Å²) < 4.78 is 13.0. The van der Waals surface area contributed by atoms with Gasteiger partial charge in [-0.2, -0.15) is 0 Å². The first kappa shape index (κ1) is 22.8. The number of nitrogens with one attached hydrogen (secondary N) is 2. The molecule has 170 valence electrons. The number of aromatic nitrogens is 2. The largest absolute Gasteiger partial charge is 0.497 e. The predicted molar refractivity (Wildman–Crippen MR) is 125 cm³/mol. The van der Waals surface area contributed by atoms with Crippen LogP contribution in [0.3, 0.4) is 0 Å². The maximum absolute atomic E-state index is 5.42. The van der Waals surface area contributed by atoms with Crippen LogP contribution in [-0.2, 0) is 13.1 Å². The van der Waals surface area contributed by atoms with E-state index in [1.54, 1.807) is 14.2 Å². The lowest BCUT2D eigenvalue weighted by molar-refractivity contribution is 0.394. The SMILES string of the molecule is CCNC(=NCc1nccn1CC(C)C)NC1CCN(c2cc(OC)cc(OC)c2)C1. The lowest BCUT2D eigenvalue weighted by atomic mass is 10.2. The number of rotatable bonds is 9. The van der Waals surface area contributed by atoms with Crippen molar-refractivity contribution in [2.75, 3.05) is 38.8 Å². The van der Waals surface area contributed by atoms with Crippen LogP contribution >= 0.6 is 0 Å². The van der Waals surface area contributed by atoms with Gasteiger partial charge in [-0.15, -0.1) is 0 Å². The van der Waals surface area contributed by atoms with Crippen LogP contribution in [0.2, 0.25) is 0 Å². The second-order valence-electron chi connectivity index (χ2n) is 8.23. The zero-order chi connectivity index (χ0) is 22.2. The number of hydrogen-bond donors (Lipinski definition) is 2. The molecule has 2 aromatic rings. The molecule has 0 bridgehead atoms. The average Bonchev–Trinajstić information content (AvgIpc) is 3.40. The van der Waals surface area contributed by atoms with E-state index in [2.05, 4.69) is 58.0 Å². The molecule has 1 aliphatic heterocycles. The highest BCUT2D eigenvalue weighted by Crippen LogP contribution is 2.30. The van der Waals surface area contributed by atoms with Crippen LogP contribution in [0.5, 0.6) is 11.5 Å². The van der Waals surface area contributed by atoms with E-state index in [1.807, 2.05) is 18.5 Å². The molecule has 1 aromatic heterocycles. The molecule has 0 aliphatic carbocycles. The van der Waals surface area contributed by atoms with Gasteiger partial charge in [-0.05, 0) is 19.3 Å². The third kappa shape index (κ3) is 6.29. The summed E-state index contributed by atoms with van der Waals surface area (Å²) in [6, 6.07) is 6.32. The standard InChI is InChI=1S/C23H36N6O2/c1-6-24-23(26-14-22-25-8-10-29(22)15-17(2)3)27-18-7-9-28(16-18)19-11-20(30-4)13-21(12-19)31-5/h8,10-13,17-18H,6-7,9,14-16H2,1-5H3,(H2,24,26,27). The number of imidazole rings is 1. The van der Waals surface area contributed by atoms with Crippen molar-refractivity contribution in [2.24, 2.45) is 10.9 Å². The number of guanidine groups is 1. The number of ether oxygens (including phenoxy) is 2. The Morgan fingerprint density at radius 3 is 2.61 bits per heavy atom. The second kappa shape index (κ2) is 10.9. The van der Waals surface area contributed by atoms with Crippen molar-refractivity contribution in [3.05, 3.63) is 36.4 Å². The van der Waals surface area contributed by atoms with Gasteiger partial charge < -0.3 is 29.6 Å². The van der Waals surface area contributed by atoms with Crippen LogP contribution in [0, 0.1) is 5.92 Å². The summed E-state index contributed by atoms with van der Waals surface area (Å²) >= 11 is 0. The number of aliphatic imine (C=N–C) groups is 1. The fourth-order valence-electron chi connectivity index (χ4n) is 3.80. The van der Waals surface area contributed by atoms with E-state index in [0.717, 1.165) is 61.6 Å². The molecule has 0 amide bonds. The molecule has 1 unspecified atom stereocenters. The van der Waals surface area contributed by atoms with E-state index < -0.39 is 0 Å². The van der Waals surface area contributed by atoms with E-state index in [1.165, 1.54) is 0 Å². The molecule has 1 atom stereocenters. The Hall–Kier alpha value is -2.90. The summed E-state index contributed by atoms with van der Waals surface area (Å²) in [7, 11) is 3.36. The molecule has 8 nitrogen and oxygen atoms in total. The molecule has 1 aromatic carbocycles. The van der Waals surface area contributed by atoms with E-state index in [0.29, 0.717) is 18.5 Å². The van der Waals surface area contributed by atoms with Gasteiger partial charge in [0, 0.05) is 68.5 Å². The third-order valence-electron chi connectivity index (χ3n) is 5.32. The molecule has 1 saturated heterocycles. The van der Waals surface area contributed by atoms with Gasteiger partial charge in [-0.1, -0.05) is 13.8 Å². The van der Waals surface area contributed by atoms with Crippen LogP contribution in [0.15, 0.2) is 35.6 Å². The first-order chi connectivity index (χ1) is 15.0. The van der Waals surface area contributed by atoms with Gasteiger partial charge in [0.1, 0.15) is 23.9 Å². The number of anilines is 1. The van der Waals surface area contributed by atoms with Crippen molar-refractivity contribution >= 4 is 11.6 Å². The van der Waals surface area contributed by atoms with Crippen LogP contribution in [-0.4, -0.2) is 55.4 Å². The molecular formula is C23H36N6O2. The zero-order valence-electron chi connectivity index (χ0n) is 19.4. The third-order valence-corrected chi connectivity index (χ3v) is 5.32. The smallest absolute Gasteiger partial charge is 0.191 e. The fourth-order valence-corrected chi connectivity index (χ4v) is 3.80. The first-order valence-corrected chi connectivity index (χ1v) is 11.0. The monoisotopic (exact) mass is 428 g/mol. The van der Waals surface area contributed by atoms with Crippen LogP contribution in [0.1, 0.15) is 33.0 Å². The lowest BCUT2D eigenvalue weighted by Crippen LogP contribution is -2.44. The predicted octanol–water partition coefficient (Wildman–Crippen LogP) is 2.89. The van der Waals surface area contributed by atoms with Crippen LogP contribution < -0.4 is 25.0 Å².